The highest BCUT2D eigenvalue weighted by Crippen LogP contribution is 2.50. The quantitative estimate of drug-likeness (QED) is 0.503. The maximum absolute atomic E-state index is 14.1. The van der Waals surface area contributed by atoms with Crippen molar-refractivity contribution < 1.29 is 39.5 Å². The SMILES string of the molecule is [B]c1cccc(N2CCC(c3cc(C(F)(F)F)cc(C(F)(F)F)c3)(C(F)(F)F)C2)n1. The molecule has 2 nitrogen and oxygen atoms in total. The molecule has 0 saturated carbocycles. The van der Waals surface area contributed by atoms with Crippen LogP contribution in [0, 0.1) is 0 Å². The van der Waals surface area contributed by atoms with Crippen molar-refractivity contribution >= 4 is 19.3 Å². The third kappa shape index (κ3) is 4.08. The summed E-state index contributed by atoms with van der Waals surface area (Å²) in [5.41, 5.74) is -7.62. The molecule has 1 aromatic heterocycles. The van der Waals surface area contributed by atoms with E-state index >= 15 is 0 Å². The minimum absolute atomic E-state index is 0.00966. The van der Waals surface area contributed by atoms with Crippen LogP contribution in [0.15, 0.2) is 36.4 Å². The van der Waals surface area contributed by atoms with E-state index in [1.807, 2.05) is 0 Å². The van der Waals surface area contributed by atoms with Crippen LogP contribution in [0.3, 0.4) is 0 Å². The zero-order chi connectivity index (χ0) is 22.5. The minimum atomic E-state index is -5.25. The molecule has 1 saturated heterocycles. The minimum Gasteiger partial charge on any atom is -0.355 e. The van der Waals surface area contributed by atoms with Crippen LogP contribution in [0.5, 0.6) is 0 Å². The summed E-state index contributed by atoms with van der Waals surface area (Å²) >= 11 is 0. The number of hydrogen-bond donors (Lipinski definition) is 0. The van der Waals surface area contributed by atoms with Crippen molar-refractivity contribution in [3.05, 3.63) is 53.1 Å². The summed E-state index contributed by atoms with van der Waals surface area (Å²) in [4.78, 5) is 5.02. The predicted octanol–water partition coefficient (Wildman–Crippen LogP) is 4.62. The molecule has 1 aliphatic rings. The van der Waals surface area contributed by atoms with Gasteiger partial charge in [0, 0.05) is 13.1 Å². The second-order valence-corrected chi connectivity index (χ2v) is 6.97. The molecule has 0 aliphatic carbocycles. The fourth-order valence-corrected chi connectivity index (χ4v) is 3.48. The van der Waals surface area contributed by atoms with Gasteiger partial charge in [-0.15, -0.1) is 0 Å². The molecular formula is C18H12BF9N2. The van der Waals surface area contributed by atoms with Gasteiger partial charge in [0.1, 0.15) is 19.1 Å². The fraction of sp³-hybridized carbons (Fsp3) is 0.389. The molecule has 2 heterocycles. The van der Waals surface area contributed by atoms with Crippen molar-refractivity contribution in [2.45, 2.75) is 30.4 Å². The average molecular weight is 438 g/mol. The highest BCUT2D eigenvalue weighted by Gasteiger charge is 2.60. The van der Waals surface area contributed by atoms with E-state index in [0.717, 1.165) is 4.90 Å². The Labute approximate surface area is 166 Å². The summed E-state index contributed by atoms with van der Waals surface area (Å²) in [6, 6.07) is 4.25. The van der Waals surface area contributed by atoms with Gasteiger partial charge in [-0.05, 0) is 41.8 Å². The molecule has 160 valence electrons. The smallest absolute Gasteiger partial charge is 0.355 e. The molecule has 2 aromatic rings. The third-order valence-electron chi connectivity index (χ3n) is 5.03. The number of anilines is 1. The summed E-state index contributed by atoms with van der Waals surface area (Å²) in [6.45, 7) is -1.18. The normalized spacial score (nSPS) is 20.6. The van der Waals surface area contributed by atoms with Crippen LogP contribution in [0.25, 0.3) is 0 Å². The fourth-order valence-electron chi connectivity index (χ4n) is 3.48. The molecule has 1 fully saturated rings. The first kappa shape index (κ1) is 22.3. The molecule has 2 radical (unpaired) electrons. The average Bonchev–Trinajstić information content (AvgIpc) is 3.06. The van der Waals surface area contributed by atoms with Gasteiger partial charge in [0.15, 0.2) is 0 Å². The second kappa shape index (κ2) is 7.09. The first-order valence-electron chi connectivity index (χ1n) is 8.48. The monoisotopic (exact) mass is 438 g/mol. The topological polar surface area (TPSA) is 16.1 Å². The van der Waals surface area contributed by atoms with Crippen molar-refractivity contribution in [2.75, 3.05) is 18.0 Å². The molecule has 1 atom stereocenters. The molecule has 30 heavy (non-hydrogen) atoms. The van der Waals surface area contributed by atoms with E-state index in [1.54, 1.807) is 0 Å². The van der Waals surface area contributed by atoms with Crippen LogP contribution in [0.4, 0.5) is 45.3 Å². The Bertz CT molecular complexity index is 904. The molecule has 1 aromatic carbocycles. The van der Waals surface area contributed by atoms with E-state index in [1.165, 1.54) is 18.2 Å². The van der Waals surface area contributed by atoms with Gasteiger partial charge in [-0.3, -0.25) is 0 Å². The van der Waals surface area contributed by atoms with Gasteiger partial charge >= 0.3 is 18.5 Å². The molecule has 1 aliphatic heterocycles. The largest absolute Gasteiger partial charge is 0.416 e. The van der Waals surface area contributed by atoms with E-state index in [9.17, 15) is 39.5 Å². The van der Waals surface area contributed by atoms with Gasteiger partial charge in [-0.2, -0.15) is 39.5 Å². The summed E-state index contributed by atoms with van der Waals surface area (Å²) < 4.78 is 121. The highest BCUT2D eigenvalue weighted by atomic mass is 19.4. The Morgan fingerprint density at radius 2 is 1.43 bits per heavy atom. The van der Waals surface area contributed by atoms with Crippen LogP contribution in [-0.2, 0) is 17.8 Å². The lowest BCUT2D eigenvalue weighted by atomic mass is 9.77. The Morgan fingerprint density at radius 3 is 1.90 bits per heavy atom. The number of hydrogen-bond acceptors (Lipinski definition) is 2. The third-order valence-corrected chi connectivity index (χ3v) is 5.03. The van der Waals surface area contributed by atoms with Crippen LogP contribution in [0.1, 0.15) is 23.1 Å². The maximum Gasteiger partial charge on any atom is 0.416 e. The summed E-state index contributed by atoms with van der Waals surface area (Å²) in [5.74, 6) is 0.0455. The zero-order valence-corrected chi connectivity index (χ0v) is 15.0. The van der Waals surface area contributed by atoms with E-state index in [2.05, 4.69) is 4.98 Å². The zero-order valence-electron chi connectivity index (χ0n) is 15.0. The van der Waals surface area contributed by atoms with E-state index < -0.39 is 53.6 Å². The van der Waals surface area contributed by atoms with Crippen molar-refractivity contribution in [2.24, 2.45) is 0 Å². The summed E-state index contributed by atoms with van der Waals surface area (Å²) in [7, 11) is 5.52. The molecule has 0 spiro atoms. The number of alkyl halides is 9. The lowest BCUT2D eigenvalue weighted by Crippen LogP contribution is -2.45. The predicted molar refractivity (Wildman–Crippen MR) is 90.6 cm³/mol. The van der Waals surface area contributed by atoms with Gasteiger partial charge < -0.3 is 4.90 Å². The molecule has 1 unspecified atom stereocenters. The van der Waals surface area contributed by atoms with E-state index in [4.69, 9.17) is 7.85 Å². The molecule has 0 bridgehead atoms. The Hall–Kier alpha value is -2.40. The molecular weight excluding hydrogens is 426 g/mol. The molecule has 12 heteroatoms. The van der Waals surface area contributed by atoms with Gasteiger partial charge in [-0.1, -0.05) is 12.1 Å². The Kier molecular flexibility index (Phi) is 5.27. The summed E-state index contributed by atoms with van der Waals surface area (Å²) in [5, 5.41) is 0. The lowest BCUT2D eigenvalue weighted by molar-refractivity contribution is -0.185. The summed E-state index contributed by atoms with van der Waals surface area (Å²) in [6.07, 6.45) is -16.4. The van der Waals surface area contributed by atoms with Gasteiger partial charge in [0.05, 0.1) is 11.1 Å². The highest BCUT2D eigenvalue weighted by molar-refractivity contribution is 6.30. The number of pyridine rings is 1. The second-order valence-electron chi connectivity index (χ2n) is 6.97. The number of benzene rings is 1. The van der Waals surface area contributed by atoms with Gasteiger partial charge in [0.25, 0.3) is 0 Å². The van der Waals surface area contributed by atoms with Crippen LogP contribution >= 0.6 is 0 Å². The van der Waals surface area contributed by atoms with Gasteiger partial charge in [-0.25, -0.2) is 4.98 Å². The van der Waals surface area contributed by atoms with E-state index in [0.29, 0.717) is 0 Å². The van der Waals surface area contributed by atoms with Crippen LogP contribution in [0.2, 0.25) is 0 Å². The lowest BCUT2D eigenvalue weighted by Gasteiger charge is -2.33. The number of nitrogens with zero attached hydrogens (tertiary/aromatic N) is 2. The number of aromatic nitrogens is 1. The number of halogens is 9. The molecule has 0 amide bonds. The van der Waals surface area contributed by atoms with Crippen molar-refractivity contribution in [1.29, 1.82) is 0 Å². The van der Waals surface area contributed by atoms with Crippen molar-refractivity contribution in [3.8, 4) is 0 Å². The Balaban J connectivity index is 2.16. The molecule has 3 rings (SSSR count). The molecule has 0 N–H and O–H groups in total. The van der Waals surface area contributed by atoms with Crippen molar-refractivity contribution in [3.63, 3.8) is 0 Å². The first-order chi connectivity index (χ1) is 13.6. The first-order valence-corrected chi connectivity index (χ1v) is 8.48. The van der Waals surface area contributed by atoms with Crippen molar-refractivity contribution in [1.82, 2.24) is 4.98 Å². The van der Waals surface area contributed by atoms with Crippen LogP contribution < -0.4 is 10.5 Å². The van der Waals surface area contributed by atoms with Crippen LogP contribution in [-0.4, -0.2) is 32.1 Å². The van der Waals surface area contributed by atoms with E-state index in [-0.39, 0.29) is 36.2 Å². The van der Waals surface area contributed by atoms with Gasteiger partial charge in [0.2, 0.25) is 0 Å². The maximum atomic E-state index is 14.1. The standard InChI is InChI=1S/C18H12BF9N2/c19-13-2-1-3-14(29-13)30-5-4-15(9-30,18(26,27)28)10-6-11(16(20,21)22)8-12(7-10)17(23,24)25/h1-3,6-8H,4-5,9H2. The Morgan fingerprint density at radius 1 is 0.867 bits per heavy atom. The number of rotatable bonds is 2.